The molecule has 0 radical (unpaired) electrons. The average molecular weight is 258 g/mol. The van der Waals surface area contributed by atoms with Crippen LogP contribution in [0.2, 0.25) is 0 Å². The van der Waals surface area contributed by atoms with Crippen LogP contribution in [0.15, 0.2) is 12.1 Å². The van der Waals surface area contributed by atoms with Crippen molar-refractivity contribution >= 4 is 28.8 Å². The fraction of sp³-hybridized carbons (Fsp3) is 0.583. The SMILES string of the molecule is Cc1ccc(C(=O)NCC2CCC(Cl)C2)s1. The number of carbonyl (C=O) groups is 1. The van der Waals surface area contributed by atoms with Gasteiger partial charge in [0.05, 0.1) is 4.88 Å². The average Bonchev–Trinajstić information content (AvgIpc) is 2.84. The zero-order chi connectivity index (χ0) is 11.5. The molecule has 0 saturated heterocycles. The molecule has 1 fully saturated rings. The summed E-state index contributed by atoms with van der Waals surface area (Å²) >= 11 is 7.57. The van der Waals surface area contributed by atoms with E-state index in [-0.39, 0.29) is 5.91 Å². The Morgan fingerprint density at radius 2 is 2.38 bits per heavy atom. The zero-order valence-electron chi connectivity index (χ0n) is 9.33. The Hall–Kier alpha value is -0.540. The Morgan fingerprint density at radius 1 is 1.56 bits per heavy atom. The minimum absolute atomic E-state index is 0.0520. The second-order valence-electron chi connectivity index (χ2n) is 4.40. The van der Waals surface area contributed by atoms with Crippen LogP contribution in [0.5, 0.6) is 0 Å². The maximum atomic E-state index is 11.8. The summed E-state index contributed by atoms with van der Waals surface area (Å²) in [6, 6.07) is 3.86. The van der Waals surface area contributed by atoms with Crippen molar-refractivity contribution in [2.45, 2.75) is 31.6 Å². The Kier molecular flexibility index (Phi) is 3.87. The van der Waals surface area contributed by atoms with Crippen molar-refractivity contribution in [2.24, 2.45) is 5.92 Å². The predicted molar refractivity (Wildman–Crippen MR) is 68.4 cm³/mol. The molecule has 88 valence electrons. The third kappa shape index (κ3) is 2.98. The molecule has 16 heavy (non-hydrogen) atoms. The van der Waals surface area contributed by atoms with Gasteiger partial charge in [0.1, 0.15) is 0 Å². The van der Waals surface area contributed by atoms with Crippen LogP contribution in [-0.4, -0.2) is 17.8 Å². The number of amides is 1. The fourth-order valence-electron chi connectivity index (χ4n) is 2.08. The van der Waals surface area contributed by atoms with Gasteiger partial charge in [0.15, 0.2) is 0 Å². The van der Waals surface area contributed by atoms with Crippen LogP contribution in [-0.2, 0) is 0 Å². The Morgan fingerprint density at radius 3 is 2.94 bits per heavy atom. The van der Waals surface area contributed by atoms with Crippen LogP contribution >= 0.6 is 22.9 Å². The number of halogens is 1. The number of thiophene rings is 1. The van der Waals surface area contributed by atoms with Gasteiger partial charge in [-0.25, -0.2) is 0 Å². The van der Waals surface area contributed by atoms with Crippen LogP contribution in [0, 0.1) is 12.8 Å². The molecule has 1 N–H and O–H groups in total. The quantitative estimate of drug-likeness (QED) is 0.828. The second kappa shape index (κ2) is 5.19. The van der Waals surface area contributed by atoms with E-state index < -0.39 is 0 Å². The highest BCUT2D eigenvalue weighted by Crippen LogP contribution is 2.28. The highest BCUT2D eigenvalue weighted by Gasteiger charge is 2.23. The summed E-state index contributed by atoms with van der Waals surface area (Å²) in [6.07, 6.45) is 3.25. The molecule has 2 atom stereocenters. The standard InChI is InChI=1S/C12H16ClNOS/c1-8-2-5-11(16-8)12(15)14-7-9-3-4-10(13)6-9/h2,5,9-10H,3-4,6-7H2,1H3,(H,14,15). The number of carbonyl (C=O) groups excluding carboxylic acids is 1. The normalized spacial score (nSPS) is 24.6. The summed E-state index contributed by atoms with van der Waals surface area (Å²) in [5.41, 5.74) is 0. The lowest BCUT2D eigenvalue weighted by Gasteiger charge is -2.09. The minimum atomic E-state index is 0.0520. The van der Waals surface area contributed by atoms with Gasteiger partial charge in [-0.2, -0.15) is 0 Å². The summed E-state index contributed by atoms with van der Waals surface area (Å²) in [5.74, 6) is 0.614. The Balaban J connectivity index is 1.80. The van der Waals surface area contributed by atoms with Crippen molar-refractivity contribution in [3.63, 3.8) is 0 Å². The van der Waals surface area contributed by atoms with Crippen LogP contribution < -0.4 is 5.32 Å². The zero-order valence-corrected chi connectivity index (χ0v) is 10.9. The van der Waals surface area contributed by atoms with Crippen LogP contribution in [0.4, 0.5) is 0 Å². The number of hydrogen-bond acceptors (Lipinski definition) is 2. The van der Waals surface area contributed by atoms with E-state index in [0.717, 1.165) is 30.7 Å². The lowest BCUT2D eigenvalue weighted by Crippen LogP contribution is -2.27. The number of alkyl halides is 1. The Labute approximate surface area is 105 Å². The van der Waals surface area contributed by atoms with Crippen LogP contribution in [0.1, 0.15) is 33.8 Å². The minimum Gasteiger partial charge on any atom is -0.351 e. The van der Waals surface area contributed by atoms with Crippen molar-refractivity contribution in [1.82, 2.24) is 5.32 Å². The third-order valence-corrected chi connectivity index (χ3v) is 4.39. The largest absolute Gasteiger partial charge is 0.351 e. The van der Waals surface area contributed by atoms with Gasteiger partial charge in [0.2, 0.25) is 0 Å². The molecule has 1 amide bonds. The van der Waals surface area contributed by atoms with Gasteiger partial charge in [0.25, 0.3) is 5.91 Å². The van der Waals surface area contributed by atoms with Crippen molar-refractivity contribution in [3.05, 3.63) is 21.9 Å². The third-order valence-electron chi connectivity index (χ3n) is 2.99. The first-order valence-electron chi connectivity index (χ1n) is 5.64. The summed E-state index contributed by atoms with van der Waals surface area (Å²) < 4.78 is 0. The first kappa shape index (κ1) is 11.9. The van der Waals surface area contributed by atoms with E-state index in [1.807, 2.05) is 19.1 Å². The molecule has 1 aliphatic carbocycles. The van der Waals surface area contributed by atoms with Gasteiger partial charge >= 0.3 is 0 Å². The highest BCUT2D eigenvalue weighted by molar-refractivity contribution is 7.13. The first-order valence-corrected chi connectivity index (χ1v) is 6.89. The highest BCUT2D eigenvalue weighted by atomic mass is 35.5. The molecule has 0 bridgehead atoms. The maximum Gasteiger partial charge on any atom is 0.261 e. The summed E-state index contributed by atoms with van der Waals surface area (Å²) in [7, 11) is 0. The number of hydrogen-bond donors (Lipinski definition) is 1. The molecule has 1 aliphatic rings. The van der Waals surface area contributed by atoms with E-state index in [1.165, 1.54) is 4.88 Å². The van der Waals surface area contributed by atoms with E-state index in [2.05, 4.69) is 5.32 Å². The molecule has 2 unspecified atom stereocenters. The molecular formula is C12H16ClNOS. The van der Waals surface area contributed by atoms with Crippen molar-refractivity contribution in [1.29, 1.82) is 0 Å². The van der Waals surface area contributed by atoms with E-state index in [4.69, 9.17) is 11.6 Å². The van der Waals surface area contributed by atoms with E-state index in [9.17, 15) is 4.79 Å². The number of aryl methyl sites for hydroxylation is 1. The number of nitrogens with one attached hydrogen (secondary N) is 1. The van der Waals surface area contributed by atoms with Gasteiger partial charge in [-0.1, -0.05) is 0 Å². The molecule has 2 nitrogen and oxygen atoms in total. The summed E-state index contributed by atoms with van der Waals surface area (Å²) in [4.78, 5) is 13.7. The van der Waals surface area contributed by atoms with Gasteiger partial charge in [-0.3, -0.25) is 4.79 Å². The molecule has 0 spiro atoms. The van der Waals surface area contributed by atoms with E-state index >= 15 is 0 Å². The smallest absolute Gasteiger partial charge is 0.261 e. The first-order chi connectivity index (χ1) is 7.65. The Bertz CT molecular complexity index is 377. The maximum absolute atomic E-state index is 11.8. The molecule has 1 saturated carbocycles. The lowest BCUT2D eigenvalue weighted by atomic mass is 10.1. The van der Waals surface area contributed by atoms with Crippen molar-refractivity contribution in [2.75, 3.05) is 6.54 Å². The second-order valence-corrected chi connectivity index (χ2v) is 6.30. The fourth-order valence-corrected chi connectivity index (χ4v) is 3.24. The lowest BCUT2D eigenvalue weighted by molar-refractivity contribution is 0.0951. The van der Waals surface area contributed by atoms with Gasteiger partial charge in [-0.15, -0.1) is 22.9 Å². The van der Waals surface area contributed by atoms with Crippen molar-refractivity contribution in [3.8, 4) is 0 Å². The molecule has 1 heterocycles. The molecule has 2 rings (SSSR count). The summed E-state index contributed by atoms with van der Waals surface area (Å²) in [5, 5.41) is 3.30. The van der Waals surface area contributed by atoms with Gasteiger partial charge in [0, 0.05) is 16.8 Å². The van der Waals surface area contributed by atoms with Gasteiger partial charge in [-0.05, 0) is 44.2 Å². The number of rotatable bonds is 3. The predicted octanol–water partition coefficient (Wildman–Crippen LogP) is 3.19. The molecular weight excluding hydrogens is 242 g/mol. The monoisotopic (exact) mass is 257 g/mol. The van der Waals surface area contributed by atoms with Crippen LogP contribution in [0.3, 0.4) is 0 Å². The van der Waals surface area contributed by atoms with E-state index in [0.29, 0.717) is 11.3 Å². The molecule has 1 aromatic rings. The molecule has 1 aromatic heterocycles. The molecule has 0 aromatic carbocycles. The molecule has 4 heteroatoms. The van der Waals surface area contributed by atoms with Crippen molar-refractivity contribution < 1.29 is 4.79 Å². The summed E-state index contributed by atoms with van der Waals surface area (Å²) in [6.45, 7) is 2.77. The van der Waals surface area contributed by atoms with Gasteiger partial charge < -0.3 is 5.32 Å². The topological polar surface area (TPSA) is 29.1 Å². The van der Waals surface area contributed by atoms with E-state index in [1.54, 1.807) is 11.3 Å². The van der Waals surface area contributed by atoms with Crippen LogP contribution in [0.25, 0.3) is 0 Å². The molecule has 0 aliphatic heterocycles.